The third kappa shape index (κ3) is 5.09. The minimum Gasteiger partial charge on any atom is -0.393 e. The third-order valence-electron chi connectivity index (χ3n) is 4.06. The maximum atomic E-state index is 12.7. The molecule has 0 saturated carbocycles. The van der Waals surface area contributed by atoms with Crippen LogP contribution in [-0.2, 0) is 4.74 Å². The second kappa shape index (κ2) is 8.52. The van der Waals surface area contributed by atoms with Crippen molar-refractivity contribution < 1.29 is 14.6 Å². The summed E-state index contributed by atoms with van der Waals surface area (Å²) in [5.74, 6) is 0. The number of carbonyl (C=O) groups is 1. The molecular formula is C17H25ClN2O3. The van der Waals surface area contributed by atoms with Crippen molar-refractivity contribution >= 4 is 17.6 Å². The van der Waals surface area contributed by atoms with Crippen LogP contribution < -0.4 is 5.32 Å². The van der Waals surface area contributed by atoms with Crippen molar-refractivity contribution in [3.63, 3.8) is 0 Å². The second-order valence-electron chi connectivity index (χ2n) is 5.97. The molecule has 1 aliphatic rings. The molecule has 0 spiro atoms. The van der Waals surface area contributed by atoms with E-state index in [1.807, 2.05) is 31.2 Å². The first kappa shape index (κ1) is 18.0. The van der Waals surface area contributed by atoms with Crippen LogP contribution in [-0.4, -0.2) is 47.9 Å². The van der Waals surface area contributed by atoms with Crippen LogP contribution in [0.2, 0.25) is 5.02 Å². The number of hydrogen-bond donors (Lipinski definition) is 2. The molecule has 128 valence electrons. The van der Waals surface area contributed by atoms with Crippen molar-refractivity contribution in [2.75, 3.05) is 19.8 Å². The molecular weight excluding hydrogens is 316 g/mol. The van der Waals surface area contributed by atoms with E-state index in [4.69, 9.17) is 16.3 Å². The van der Waals surface area contributed by atoms with Crippen LogP contribution in [0.1, 0.15) is 38.3 Å². The average Bonchev–Trinajstić information content (AvgIpc) is 2.52. The molecule has 3 atom stereocenters. The molecule has 1 aromatic rings. The molecule has 5 nitrogen and oxygen atoms in total. The molecule has 0 bridgehead atoms. The lowest BCUT2D eigenvalue weighted by atomic mass is 10.0. The summed E-state index contributed by atoms with van der Waals surface area (Å²) in [6, 6.07) is 7.25. The normalized spacial score (nSPS) is 20.9. The van der Waals surface area contributed by atoms with Gasteiger partial charge in [-0.05, 0) is 37.5 Å². The van der Waals surface area contributed by atoms with E-state index >= 15 is 0 Å². The summed E-state index contributed by atoms with van der Waals surface area (Å²) in [7, 11) is 0. The molecule has 0 unspecified atom stereocenters. The van der Waals surface area contributed by atoms with Crippen LogP contribution in [0.3, 0.4) is 0 Å². The predicted molar refractivity (Wildman–Crippen MR) is 90.6 cm³/mol. The minimum atomic E-state index is -0.466. The Labute approximate surface area is 142 Å². The predicted octanol–water partition coefficient (Wildman–Crippen LogP) is 2.97. The Kier molecular flexibility index (Phi) is 6.69. The Morgan fingerprint density at radius 3 is 3.00 bits per heavy atom. The number of nitrogens with one attached hydrogen (secondary N) is 1. The van der Waals surface area contributed by atoms with Gasteiger partial charge in [-0.15, -0.1) is 0 Å². The molecule has 1 aromatic carbocycles. The quantitative estimate of drug-likeness (QED) is 0.866. The summed E-state index contributed by atoms with van der Waals surface area (Å²) in [6.45, 7) is 5.28. The number of halogens is 1. The number of amides is 2. The van der Waals surface area contributed by atoms with Gasteiger partial charge in [-0.3, -0.25) is 0 Å². The lowest BCUT2D eigenvalue weighted by molar-refractivity contribution is -0.00486. The molecule has 1 aliphatic heterocycles. The number of aliphatic hydroxyl groups excluding tert-OH is 1. The first-order valence-electron chi connectivity index (χ1n) is 8.09. The molecule has 1 fully saturated rings. The van der Waals surface area contributed by atoms with Crippen molar-refractivity contribution in [1.29, 1.82) is 0 Å². The largest absolute Gasteiger partial charge is 0.393 e. The molecule has 23 heavy (non-hydrogen) atoms. The van der Waals surface area contributed by atoms with Gasteiger partial charge in [0.15, 0.2) is 0 Å². The highest BCUT2D eigenvalue weighted by molar-refractivity contribution is 6.30. The Bertz CT molecular complexity index is 524. The Morgan fingerprint density at radius 2 is 2.35 bits per heavy atom. The average molecular weight is 341 g/mol. The van der Waals surface area contributed by atoms with Gasteiger partial charge in [-0.1, -0.05) is 30.7 Å². The molecule has 6 heteroatoms. The fraction of sp³-hybridized carbons (Fsp3) is 0.588. The summed E-state index contributed by atoms with van der Waals surface area (Å²) < 4.78 is 5.44. The molecule has 2 amide bonds. The monoisotopic (exact) mass is 340 g/mol. The van der Waals surface area contributed by atoms with E-state index in [2.05, 4.69) is 5.32 Å². The Morgan fingerprint density at radius 1 is 1.57 bits per heavy atom. The first-order chi connectivity index (χ1) is 11.0. The van der Waals surface area contributed by atoms with Crippen molar-refractivity contribution in [2.45, 2.75) is 44.9 Å². The van der Waals surface area contributed by atoms with Crippen LogP contribution in [0.5, 0.6) is 0 Å². The number of carbonyl (C=O) groups excluding carboxylic acids is 1. The number of nitrogens with zero attached hydrogens (tertiary/aromatic N) is 1. The van der Waals surface area contributed by atoms with Gasteiger partial charge in [0.25, 0.3) is 0 Å². The standard InChI is InChI=1S/C17H25ClN2O3/c1-3-16(13-5-4-6-14(18)10-13)19-17(22)20-7-8-23-11-15(20)9-12(2)21/h4-6,10,12,15-16,21H,3,7-9,11H2,1-2H3,(H,19,22)/t12-,15-,16-/m0/s1. The Hall–Kier alpha value is -1.30. The van der Waals surface area contributed by atoms with Crippen molar-refractivity contribution in [3.8, 4) is 0 Å². The van der Waals surface area contributed by atoms with E-state index in [9.17, 15) is 9.90 Å². The smallest absolute Gasteiger partial charge is 0.318 e. The van der Waals surface area contributed by atoms with E-state index in [0.29, 0.717) is 31.2 Å². The van der Waals surface area contributed by atoms with E-state index in [-0.39, 0.29) is 18.1 Å². The van der Waals surface area contributed by atoms with Crippen molar-refractivity contribution in [2.24, 2.45) is 0 Å². The molecule has 0 radical (unpaired) electrons. The lowest BCUT2D eigenvalue weighted by Gasteiger charge is -2.37. The molecule has 1 saturated heterocycles. The van der Waals surface area contributed by atoms with Crippen molar-refractivity contribution in [3.05, 3.63) is 34.9 Å². The first-order valence-corrected chi connectivity index (χ1v) is 8.47. The van der Waals surface area contributed by atoms with Crippen LogP contribution in [0, 0.1) is 0 Å². The van der Waals surface area contributed by atoms with E-state index in [1.165, 1.54) is 0 Å². The highest BCUT2D eigenvalue weighted by Crippen LogP contribution is 2.21. The summed E-state index contributed by atoms with van der Waals surface area (Å²) in [5.41, 5.74) is 0.994. The Balaban J connectivity index is 2.05. The maximum Gasteiger partial charge on any atom is 0.318 e. The van der Waals surface area contributed by atoms with Gasteiger partial charge in [0.1, 0.15) is 0 Å². The summed E-state index contributed by atoms with van der Waals surface area (Å²) in [4.78, 5) is 14.4. The van der Waals surface area contributed by atoms with Crippen LogP contribution >= 0.6 is 11.6 Å². The topological polar surface area (TPSA) is 61.8 Å². The van der Waals surface area contributed by atoms with Crippen LogP contribution in [0.4, 0.5) is 4.79 Å². The van der Waals surface area contributed by atoms with E-state index < -0.39 is 6.10 Å². The zero-order chi connectivity index (χ0) is 16.8. The summed E-state index contributed by atoms with van der Waals surface area (Å²) in [6.07, 6.45) is 0.825. The number of rotatable bonds is 5. The van der Waals surface area contributed by atoms with Gasteiger partial charge in [0.05, 0.1) is 31.4 Å². The number of urea groups is 1. The summed E-state index contributed by atoms with van der Waals surface area (Å²) >= 11 is 6.04. The maximum absolute atomic E-state index is 12.7. The minimum absolute atomic E-state index is 0.0868. The number of morpholine rings is 1. The van der Waals surface area contributed by atoms with Gasteiger partial charge >= 0.3 is 6.03 Å². The van der Waals surface area contributed by atoms with E-state index in [0.717, 1.165) is 12.0 Å². The van der Waals surface area contributed by atoms with Crippen molar-refractivity contribution in [1.82, 2.24) is 10.2 Å². The number of hydrogen-bond acceptors (Lipinski definition) is 3. The fourth-order valence-electron chi connectivity index (χ4n) is 2.89. The molecule has 2 N–H and O–H groups in total. The van der Waals surface area contributed by atoms with Gasteiger partial charge < -0.3 is 20.1 Å². The highest BCUT2D eigenvalue weighted by atomic mass is 35.5. The van der Waals surface area contributed by atoms with Gasteiger partial charge in [0, 0.05) is 11.6 Å². The fourth-order valence-corrected chi connectivity index (χ4v) is 3.09. The van der Waals surface area contributed by atoms with E-state index in [1.54, 1.807) is 11.8 Å². The number of aliphatic hydroxyl groups is 1. The molecule has 2 rings (SSSR count). The lowest BCUT2D eigenvalue weighted by Crippen LogP contribution is -2.53. The van der Waals surface area contributed by atoms with Crippen LogP contribution in [0.25, 0.3) is 0 Å². The van der Waals surface area contributed by atoms with Gasteiger partial charge in [-0.2, -0.15) is 0 Å². The second-order valence-corrected chi connectivity index (χ2v) is 6.41. The SMILES string of the molecule is CC[C@H](NC(=O)N1CCOC[C@@H]1C[C@H](C)O)c1cccc(Cl)c1. The van der Waals surface area contributed by atoms with Gasteiger partial charge in [0.2, 0.25) is 0 Å². The number of ether oxygens (including phenoxy) is 1. The molecule has 0 aliphatic carbocycles. The highest BCUT2D eigenvalue weighted by Gasteiger charge is 2.29. The molecule has 0 aromatic heterocycles. The summed E-state index contributed by atoms with van der Waals surface area (Å²) in [5, 5.41) is 13.3. The zero-order valence-corrected chi connectivity index (χ0v) is 14.4. The van der Waals surface area contributed by atoms with Gasteiger partial charge in [-0.25, -0.2) is 4.79 Å². The zero-order valence-electron chi connectivity index (χ0n) is 13.7. The van der Waals surface area contributed by atoms with Crippen LogP contribution in [0.15, 0.2) is 24.3 Å². The number of benzene rings is 1. The third-order valence-corrected chi connectivity index (χ3v) is 4.29. The molecule has 1 heterocycles.